The summed E-state index contributed by atoms with van der Waals surface area (Å²) in [4.78, 5) is 12.4. The number of hydrogen-bond acceptors (Lipinski definition) is 4. The SMILES string of the molecule is CC(=CC1C(C(=O)OC(C)(C)C)C1(C)C)S(C)(=O)=O. The van der Waals surface area contributed by atoms with E-state index in [0.29, 0.717) is 4.91 Å². The third-order valence-corrected chi connectivity index (χ3v) is 4.88. The van der Waals surface area contributed by atoms with Crippen LogP contribution in [0.25, 0.3) is 0 Å². The highest BCUT2D eigenvalue weighted by molar-refractivity contribution is 7.94. The molecule has 5 heteroatoms. The minimum atomic E-state index is -3.18. The van der Waals surface area contributed by atoms with Gasteiger partial charge in [-0.25, -0.2) is 8.42 Å². The molecule has 0 amide bonds. The molecule has 1 rings (SSSR count). The molecule has 1 aliphatic rings. The van der Waals surface area contributed by atoms with E-state index in [1.54, 1.807) is 13.0 Å². The second-order valence-corrected chi connectivity index (χ2v) is 9.10. The van der Waals surface area contributed by atoms with Gasteiger partial charge in [0.1, 0.15) is 5.60 Å². The minimum absolute atomic E-state index is 0.0722. The van der Waals surface area contributed by atoms with Gasteiger partial charge in [0.15, 0.2) is 9.84 Å². The number of ether oxygens (including phenoxy) is 1. The number of sulfone groups is 1. The van der Waals surface area contributed by atoms with Crippen molar-refractivity contribution < 1.29 is 17.9 Å². The Kier molecular flexibility index (Phi) is 3.94. The van der Waals surface area contributed by atoms with Gasteiger partial charge >= 0.3 is 5.97 Å². The smallest absolute Gasteiger partial charge is 0.310 e. The predicted octanol–water partition coefficient (Wildman–Crippen LogP) is 2.55. The highest BCUT2D eigenvalue weighted by Gasteiger charge is 2.62. The zero-order valence-corrected chi connectivity index (χ0v) is 13.6. The lowest BCUT2D eigenvalue weighted by atomic mass is 10.1. The largest absolute Gasteiger partial charge is 0.460 e. The lowest BCUT2D eigenvalue weighted by molar-refractivity contribution is -0.157. The zero-order chi connectivity index (χ0) is 15.2. The minimum Gasteiger partial charge on any atom is -0.460 e. The van der Waals surface area contributed by atoms with E-state index >= 15 is 0 Å². The Balaban J connectivity index is 2.88. The van der Waals surface area contributed by atoms with E-state index in [1.807, 2.05) is 34.6 Å². The van der Waals surface area contributed by atoms with Gasteiger partial charge in [-0.05, 0) is 39.0 Å². The third-order valence-electron chi connectivity index (χ3n) is 3.57. The second-order valence-electron chi connectivity index (χ2n) is 6.91. The molecule has 2 atom stereocenters. The summed E-state index contributed by atoms with van der Waals surface area (Å²) in [5.74, 6) is -0.583. The summed E-state index contributed by atoms with van der Waals surface area (Å²) in [5, 5.41) is 0. The quantitative estimate of drug-likeness (QED) is 0.749. The van der Waals surface area contributed by atoms with Gasteiger partial charge in [-0.1, -0.05) is 19.9 Å². The average molecular weight is 288 g/mol. The number of hydrogen-bond donors (Lipinski definition) is 0. The highest BCUT2D eigenvalue weighted by Crippen LogP contribution is 2.60. The van der Waals surface area contributed by atoms with Crippen LogP contribution in [0.2, 0.25) is 0 Å². The molecule has 1 aliphatic carbocycles. The molecule has 1 saturated carbocycles. The topological polar surface area (TPSA) is 60.4 Å². The first-order chi connectivity index (χ1) is 8.27. The van der Waals surface area contributed by atoms with E-state index in [1.165, 1.54) is 6.26 Å². The van der Waals surface area contributed by atoms with E-state index in [4.69, 9.17) is 4.74 Å². The Labute approximate surface area is 116 Å². The molecule has 4 nitrogen and oxygen atoms in total. The molecule has 0 aromatic heterocycles. The van der Waals surface area contributed by atoms with E-state index in [0.717, 1.165) is 0 Å². The Morgan fingerprint density at radius 3 is 2.11 bits per heavy atom. The van der Waals surface area contributed by atoms with Crippen LogP contribution >= 0.6 is 0 Å². The summed E-state index contributed by atoms with van der Waals surface area (Å²) in [6.45, 7) is 11.0. The first kappa shape index (κ1) is 16.2. The van der Waals surface area contributed by atoms with Crippen molar-refractivity contribution in [3.8, 4) is 0 Å². The Hall–Kier alpha value is -0.840. The van der Waals surface area contributed by atoms with Crippen LogP contribution in [0.1, 0.15) is 41.5 Å². The fourth-order valence-corrected chi connectivity index (χ4v) is 2.57. The molecule has 110 valence electrons. The molecule has 0 aromatic carbocycles. The maximum atomic E-state index is 12.1. The van der Waals surface area contributed by atoms with Gasteiger partial charge < -0.3 is 4.74 Å². The van der Waals surface area contributed by atoms with Crippen LogP contribution in [0, 0.1) is 17.3 Å². The van der Waals surface area contributed by atoms with E-state index < -0.39 is 15.4 Å². The van der Waals surface area contributed by atoms with Crippen molar-refractivity contribution >= 4 is 15.8 Å². The molecule has 1 fully saturated rings. The Morgan fingerprint density at radius 2 is 1.74 bits per heavy atom. The number of esters is 1. The normalized spacial score (nSPS) is 27.0. The van der Waals surface area contributed by atoms with Gasteiger partial charge in [0.05, 0.1) is 5.92 Å². The van der Waals surface area contributed by atoms with Crippen LogP contribution in [0.5, 0.6) is 0 Å². The van der Waals surface area contributed by atoms with E-state index in [9.17, 15) is 13.2 Å². The third kappa shape index (κ3) is 3.81. The molecule has 0 radical (unpaired) electrons. The zero-order valence-electron chi connectivity index (χ0n) is 12.8. The summed E-state index contributed by atoms with van der Waals surface area (Å²) in [5.41, 5.74) is -0.760. The summed E-state index contributed by atoms with van der Waals surface area (Å²) in [6.07, 6.45) is 2.86. The molecular formula is C14H24O4S. The molecule has 0 aliphatic heterocycles. The molecule has 0 spiro atoms. The van der Waals surface area contributed by atoms with Gasteiger partial charge in [-0.15, -0.1) is 0 Å². The first-order valence-corrected chi connectivity index (χ1v) is 8.27. The van der Waals surface area contributed by atoms with E-state index in [2.05, 4.69) is 0 Å². The number of carbonyl (C=O) groups excluding carboxylic acids is 1. The van der Waals surface area contributed by atoms with Crippen LogP contribution in [0.15, 0.2) is 11.0 Å². The van der Waals surface area contributed by atoms with Gasteiger partial charge in [0, 0.05) is 11.2 Å². The van der Waals surface area contributed by atoms with Gasteiger partial charge in [0.2, 0.25) is 0 Å². The monoisotopic (exact) mass is 288 g/mol. The predicted molar refractivity (Wildman–Crippen MR) is 75.2 cm³/mol. The van der Waals surface area contributed by atoms with Crippen molar-refractivity contribution in [1.29, 1.82) is 0 Å². The van der Waals surface area contributed by atoms with Crippen LogP contribution in [0.3, 0.4) is 0 Å². The maximum absolute atomic E-state index is 12.1. The van der Waals surface area contributed by atoms with Crippen LogP contribution in [-0.2, 0) is 19.4 Å². The van der Waals surface area contributed by atoms with Crippen molar-refractivity contribution in [2.45, 2.75) is 47.1 Å². The van der Waals surface area contributed by atoms with Crippen LogP contribution < -0.4 is 0 Å². The molecule has 0 heterocycles. The Bertz CT molecular complexity index is 506. The number of allylic oxidation sites excluding steroid dienone is 2. The van der Waals surface area contributed by atoms with Crippen molar-refractivity contribution in [3.05, 3.63) is 11.0 Å². The van der Waals surface area contributed by atoms with Gasteiger partial charge in [-0.3, -0.25) is 4.79 Å². The number of carbonyl (C=O) groups is 1. The second kappa shape index (κ2) is 4.62. The summed E-state index contributed by atoms with van der Waals surface area (Å²) < 4.78 is 28.2. The molecule has 0 bridgehead atoms. The lowest BCUT2D eigenvalue weighted by Crippen LogP contribution is -2.26. The molecule has 0 aromatic rings. The van der Waals surface area contributed by atoms with Crippen LogP contribution in [-0.4, -0.2) is 26.2 Å². The molecule has 2 unspecified atom stereocenters. The highest BCUT2D eigenvalue weighted by atomic mass is 32.2. The summed E-state index contributed by atoms with van der Waals surface area (Å²) in [6, 6.07) is 0. The summed E-state index contributed by atoms with van der Waals surface area (Å²) >= 11 is 0. The van der Waals surface area contributed by atoms with Gasteiger partial charge in [0.25, 0.3) is 0 Å². The fraction of sp³-hybridized carbons (Fsp3) is 0.786. The lowest BCUT2D eigenvalue weighted by Gasteiger charge is -2.19. The molecular weight excluding hydrogens is 264 g/mol. The fourth-order valence-electron chi connectivity index (χ4n) is 2.18. The summed E-state index contributed by atoms with van der Waals surface area (Å²) in [7, 11) is -3.18. The first-order valence-electron chi connectivity index (χ1n) is 6.38. The van der Waals surface area contributed by atoms with Crippen LogP contribution in [0.4, 0.5) is 0 Å². The number of rotatable bonds is 3. The van der Waals surface area contributed by atoms with Crippen molar-refractivity contribution in [2.24, 2.45) is 17.3 Å². The van der Waals surface area contributed by atoms with E-state index in [-0.39, 0.29) is 23.2 Å². The molecule has 0 N–H and O–H groups in total. The maximum Gasteiger partial charge on any atom is 0.310 e. The molecule has 19 heavy (non-hydrogen) atoms. The average Bonchev–Trinajstić information content (AvgIpc) is 2.63. The Morgan fingerprint density at radius 1 is 1.26 bits per heavy atom. The van der Waals surface area contributed by atoms with Crippen molar-refractivity contribution in [3.63, 3.8) is 0 Å². The van der Waals surface area contributed by atoms with Crippen molar-refractivity contribution in [1.82, 2.24) is 0 Å². The standard InChI is InChI=1S/C14H24O4S/c1-9(19(7,16)17)8-10-11(14(10,5)6)12(15)18-13(2,3)4/h8,10-11H,1-7H3. The molecule has 0 saturated heterocycles. The van der Waals surface area contributed by atoms with Gasteiger partial charge in [-0.2, -0.15) is 0 Å². The van der Waals surface area contributed by atoms with Crippen molar-refractivity contribution in [2.75, 3.05) is 6.26 Å².